The van der Waals surface area contributed by atoms with Gasteiger partial charge in [0.2, 0.25) is 0 Å². The monoisotopic (exact) mass is 599 g/mol. The maximum atomic E-state index is 13.5. The van der Waals surface area contributed by atoms with Gasteiger partial charge in [-0.2, -0.15) is 13.2 Å². The number of hydrogen-bond acceptors (Lipinski definition) is 6. The first kappa shape index (κ1) is 31.0. The number of halogens is 5. The number of carboxylic acids is 2. The van der Waals surface area contributed by atoms with Gasteiger partial charge in [-0.05, 0) is 54.3 Å². The molecule has 1 aliphatic heterocycles. The van der Waals surface area contributed by atoms with Gasteiger partial charge in [-0.1, -0.05) is 30.3 Å². The molecule has 0 aliphatic carbocycles. The lowest BCUT2D eigenvalue weighted by Crippen LogP contribution is -2.31. The van der Waals surface area contributed by atoms with Crippen molar-refractivity contribution in [3.8, 4) is 0 Å². The Morgan fingerprint density at radius 2 is 1.68 bits per heavy atom. The van der Waals surface area contributed by atoms with Gasteiger partial charge in [0.15, 0.2) is 11.6 Å². The van der Waals surface area contributed by atoms with Crippen molar-refractivity contribution in [1.29, 1.82) is 0 Å². The molecule has 0 amide bonds. The molecular formula is C26H22F5N3O6S. The zero-order valence-corrected chi connectivity index (χ0v) is 21.9. The van der Waals surface area contributed by atoms with Gasteiger partial charge in [-0.25, -0.2) is 31.8 Å². The average molecular weight is 600 g/mol. The summed E-state index contributed by atoms with van der Waals surface area (Å²) in [5.41, 5.74) is 3.18. The number of carbonyl (C=O) groups is 2. The number of carboxylic acid groups (broad SMARTS) is 2. The van der Waals surface area contributed by atoms with Crippen LogP contribution >= 0.6 is 0 Å². The highest BCUT2D eigenvalue weighted by atomic mass is 32.2. The molecule has 3 aromatic rings. The van der Waals surface area contributed by atoms with E-state index in [0.29, 0.717) is 31.6 Å². The Bertz CT molecular complexity index is 1610. The molecule has 1 aliphatic rings. The second kappa shape index (κ2) is 12.3. The Morgan fingerprint density at radius 3 is 2.22 bits per heavy atom. The van der Waals surface area contributed by atoms with Crippen molar-refractivity contribution < 1.29 is 50.2 Å². The van der Waals surface area contributed by atoms with E-state index in [0.717, 1.165) is 23.3 Å². The van der Waals surface area contributed by atoms with Crippen LogP contribution in [0.3, 0.4) is 0 Å². The van der Waals surface area contributed by atoms with Crippen molar-refractivity contribution in [3.63, 3.8) is 0 Å². The summed E-state index contributed by atoms with van der Waals surface area (Å²) in [5, 5.41) is 16.8. The zero-order valence-electron chi connectivity index (χ0n) is 21.1. The number of aromatic nitrogens is 1. The number of rotatable bonds is 6. The van der Waals surface area contributed by atoms with Gasteiger partial charge in [0, 0.05) is 13.1 Å². The molecule has 15 heteroatoms. The molecule has 0 bridgehead atoms. The number of hydrogen-bond donors (Lipinski definition) is 3. The molecule has 0 radical (unpaired) electrons. The Morgan fingerprint density at radius 1 is 1.02 bits per heavy atom. The Kier molecular flexibility index (Phi) is 9.32. The van der Waals surface area contributed by atoms with E-state index in [1.807, 2.05) is 37.3 Å². The second-order valence-corrected chi connectivity index (χ2v) is 10.3. The van der Waals surface area contributed by atoms with E-state index in [-0.39, 0.29) is 17.1 Å². The van der Waals surface area contributed by atoms with Crippen LogP contribution in [0.5, 0.6) is 0 Å². The molecule has 0 saturated carbocycles. The fraction of sp³-hybridized carbons (Fsp3) is 0.192. The van der Waals surface area contributed by atoms with Crippen LogP contribution in [0.2, 0.25) is 0 Å². The van der Waals surface area contributed by atoms with Crippen molar-refractivity contribution in [2.24, 2.45) is 0 Å². The molecule has 2 heterocycles. The standard InChI is InChI=1S/C24H21F2N3O4S.C2HF3O2/c1-15-4-2-3-5-19(15)16-8-10-29(11-9-16)23-20(24(30)31)12-17(14-27-23)28-34(32,33)18-6-7-21(25)22(26)13-18;3-2(4,5)1(6)7/h2-8,12-14,28H,9-11H2,1H3,(H,30,31);(H,6,7). The minimum absolute atomic E-state index is 0.112. The van der Waals surface area contributed by atoms with E-state index in [2.05, 4.69) is 9.71 Å². The Balaban J connectivity index is 0.000000587. The van der Waals surface area contributed by atoms with Crippen LogP contribution in [-0.4, -0.2) is 54.8 Å². The molecule has 9 nitrogen and oxygen atoms in total. The fourth-order valence-electron chi connectivity index (χ4n) is 3.82. The highest BCUT2D eigenvalue weighted by molar-refractivity contribution is 7.92. The molecule has 0 unspecified atom stereocenters. The lowest BCUT2D eigenvalue weighted by Gasteiger charge is -2.29. The molecule has 3 N–H and O–H groups in total. The van der Waals surface area contributed by atoms with E-state index >= 15 is 0 Å². The minimum Gasteiger partial charge on any atom is -0.478 e. The van der Waals surface area contributed by atoms with E-state index in [4.69, 9.17) is 9.90 Å². The minimum atomic E-state index is -5.08. The zero-order chi connectivity index (χ0) is 30.5. The number of sulfonamides is 1. The number of aliphatic carboxylic acids is 1. The predicted octanol–water partition coefficient (Wildman–Crippen LogP) is 5.09. The van der Waals surface area contributed by atoms with Crippen LogP contribution < -0.4 is 9.62 Å². The normalized spacial score (nSPS) is 13.5. The van der Waals surface area contributed by atoms with E-state index in [1.165, 1.54) is 11.8 Å². The van der Waals surface area contributed by atoms with Gasteiger partial charge in [0.05, 0.1) is 16.8 Å². The number of aromatic carboxylic acids is 1. The quantitative estimate of drug-likeness (QED) is 0.333. The average Bonchev–Trinajstić information content (AvgIpc) is 2.90. The van der Waals surface area contributed by atoms with Crippen LogP contribution in [0.4, 0.5) is 33.5 Å². The topological polar surface area (TPSA) is 137 Å². The molecule has 0 saturated heterocycles. The van der Waals surface area contributed by atoms with Crippen molar-refractivity contribution in [1.82, 2.24) is 4.98 Å². The molecule has 2 aromatic carbocycles. The summed E-state index contributed by atoms with van der Waals surface area (Å²) in [6.07, 6.45) is -1.17. The van der Waals surface area contributed by atoms with Gasteiger partial charge in [-0.15, -0.1) is 0 Å². The third kappa shape index (κ3) is 7.78. The van der Waals surface area contributed by atoms with Crippen LogP contribution in [-0.2, 0) is 14.8 Å². The Labute approximate surface area is 230 Å². The highest BCUT2D eigenvalue weighted by Gasteiger charge is 2.38. The number of nitrogens with one attached hydrogen (secondary N) is 1. The number of pyridine rings is 1. The maximum absolute atomic E-state index is 13.5. The maximum Gasteiger partial charge on any atom is 0.490 e. The number of anilines is 2. The molecular weight excluding hydrogens is 577 g/mol. The number of benzene rings is 2. The largest absolute Gasteiger partial charge is 0.490 e. The van der Waals surface area contributed by atoms with E-state index in [1.54, 1.807) is 4.90 Å². The van der Waals surface area contributed by atoms with Crippen molar-refractivity contribution >= 4 is 39.0 Å². The number of nitrogens with zero attached hydrogens (tertiary/aromatic N) is 2. The molecule has 0 spiro atoms. The molecule has 218 valence electrons. The van der Waals surface area contributed by atoms with Crippen molar-refractivity contribution in [2.45, 2.75) is 24.4 Å². The summed E-state index contributed by atoms with van der Waals surface area (Å²) in [6.45, 7) is 3.01. The third-order valence-corrected chi connectivity index (χ3v) is 7.17. The molecule has 4 rings (SSSR count). The van der Waals surface area contributed by atoms with Gasteiger partial charge in [0.1, 0.15) is 11.4 Å². The third-order valence-electron chi connectivity index (χ3n) is 5.79. The first-order chi connectivity index (χ1) is 19.1. The molecule has 1 aromatic heterocycles. The summed E-state index contributed by atoms with van der Waals surface area (Å²) >= 11 is 0. The second-order valence-electron chi connectivity index (χ2n) is 8.62. The van der Waals surface area contributed by atoms with Gasteiger partial charge in [-0.3, -0.25) is 4.72 Å². The lowest BCUT2D eigenvalue weighted by atomic mass is 9.95. The first-order valence-corrected chi connectivity index (χ1v) is 13.1. The van der Waals surface area contributed by atoms with Crippen LogP contribution in [0.15, 0.2) is 65.7 Å². The molecule has 41 heavy (non-hydrogen) atoms. The number of alkyl halides is 3. The molecule has 0 atom stereocenters. The summed E-state index contributed by atoms with van der Waals surface area (Å²) in [5.74, 6) is -6.31. The summed E-state index contributed by atoms with van der Waals surface area (Å²) in [6, 6.07) is 11.3. The number of aryl methyl sites for hydroxylation is 1. The van der Waals surface area contributed by atoms with Gasteiger partial charge in [0.25, 0.3) is 10.0 Å². The van der Waals surface area contributed by atoms with Crippen molar-refractivity contribution in [3.05, 3.63) is 89.1 Å². The fourth-order valence-corrected chi connectivity index (χ4v) is 4.87. The van der Waals surface area contributed by atoms with E-state index < -0.39 is 44.7 Å². The van der Waals surface area contributed by atoms with Crippen LogP contribution in [0, 0.1) is 18.6 Å². The van der Waals surface area contributed by atoms with Crippen molar-refractivity contribution in [2.75, 3.05) is 22.7 Å². The molecule has 0 fully saturated rings. The van der Waals surface area contributed by atoms with Crippen LogP contribution in [0.25, 0.3) is 5.57 Å². The lowest BCUT2D eigenvalue weighted by molar-refractivity contribution is -0.192. The van der Waals surface area contributed by atoms with E-state index in [9.17, 15) is 40.3 Å². The summed E-state index contributed by atoms with van der Waals surface area (Å²) < 4.78 is 85.6. The summed E-state index contributed by atoms with van der Waals surface area (Å²) in [4.78, 5) is 26.3. The predicted molar refractivity (Wildman–Crippen MR) is 138 cm³/mol. The van der Waals surface area contributed by atoms with Gasteiger partial charge < -0.3 is 15.1 Å². The van der Waals surface area contributed by atoms with Gasteiger partial charge >= 0.3 is 18.1 Å². The first-order valence-electron chi connectivity index (χ1n) is 11.6. The SMILES string of the molecule is Cc1ccccc1C1=CCN(c2ncc(NS(=O)(=O)c3ccc(F)c(F)c3)cc2C(=O)O)CC1.O=C(O)C(F)(F)F. The Hall–Kier alpha value is -4.53. The smallest absolute Gasteiger partial charge is 0.478 e. The highest BCUT2D eigenvalue weighted by Crippen LogP contribution is 2.30. The van der Waals surface area contributed by atoms with Crippen LogP contribution in [0.1, 0.15) is 27.9 Å². The summed E-state index contributed by atoms with van der Waals surface area (Å²) in [7, 11) is -4.29.